The summed E-state index contributed by atoms with van der Waals surface area (Å²) in [5.74, 6) is 0.352. The fourth-order valence-electron chi connectivity index (χ4n) is 2.93. The second kappa shape index (κ2) is 6.05. The molecule has 1 N–H and O–H groups in total. The number of nitrogens with zero attached hydrogens (tertiary/aromatic N) is 2. The topological polar surface area (TPSA) is 68.4 Å². The van der Waals surface area contributed by atoms with E-state index in [9.17, 15) is 18.3 Å². The molecule has 2 unspecified atom stereocenters. The van der Waals surface area contributed by atoms with Gasteiger partial charge in [-0.05, 0) is 48.2 Å². The first-order valence-corrected chi connectivity index (χ1v) is 7.88. The number of halogens is 3. The number of aromatic hydroxyl groups is 1. The third kappa shape index (κ3) is 3.35. The minimum Gasteiger partial charge on any atom is -0.508 e. The number of benzene rings is 2. The summed E-state index contributed by atoms with van der Waals surface area (Å²) in [6.45, 7) is 0. The predicted octanol–water partition coefficient (Wildman–Crippen LogP) is 4.61. The first-order valence-electron chi connectivity index (χ1n) is 7.88. The maximum absolute atomic E-state index is 12.6. The van der Waals surface area contributed by atoms with Gasteiger partial charge in [-0.15, -0.1) is 13.2 Å². The van der Waals surface area contributed by atoms with Crippen LogP contribution in [-0.4, -0.2) is 21.6 Å². The van der Waals surface area contributed by atoms with Gasteiger partial charge in [-0.1, -0.05) is 23.4 Å². The van der Waals surface area contributed by atoms with E-state index in [-0.39, 0.29) is 23.3 Å². The molecule has 26 heavy (non-hydrogen) atoms. The smallest absolute Gasteiger partial charge is 0.508 e. The lowest BCUT2D eigenvalue weighted by Crippen LogP contribution is -2.18. The highest BCUT2D eigenvalue weighted by molar-refractivity contribution is 5.55. The average Bonchev–Trinajstić information content (AvgIpc) is 3.23. The van der Waals surface area contributed by atoms with Gasteiger partial charge in [0.2, 0.25) is 11.7 Å². The van der Waals surface area contributed by atoms with Crippen molar-refractivity contribution < 1.29 is 27.5 Å². The Morgan fingerprint density at radius 2 is 1.77 bits per heavy atom. The van der Waals surface area contributed by atoms with Crippen LogP contribution in [0.25, 0.3) is 11.4 Å². The summed E-state index contributed by atoms with van der Waals surface area (Å²) in [6.07, 6.45) is -4.13. The molecule has 4 rings (SSSR count). The zero-order valence-corrected chi connectivity index (χ0v) is 13.3. The highest BCUT2D eigenvalue weighted by Gasteiger charge is 2.46. The number of alkyl halides is 3. The molecule has 1 aliphatic carbocycles. The summed E-state index contributed by atoms with van der Waals surface area (Å²) in [5.41, 5.74) is 1.15. The van der Waals surface area contributed by atoms with Gasteiger partial charge in [0.15, 0.2) is 0 Å². The molecule has 134 valence electrons. The fraction of sp³-hybridized carbons (Fsp3) is 0.222. The van der Waals surface area contributed by atoms with Gasteiger partial charge in [0.1, 0.15) is 11.5 Å². The van der Waals surface area contributed by atoms with E-state index in [0.29, 0.717) is 29.3 Å². The van der Waals surface area contributed by atoms with Crippen LogP contribution < -0.4 is 4.74 Å². The molecule has 1 aliphatic rings. The second-order valence-electron chi connectivity index (χ2n) is 6.04. The summed E-state index contributed by atoms with van der Waals surface area (Å²) in [4.78, 5) is 4.33. The molecule has 0 aliphatic heterocycles. The van der Waals surface area contributed by atoms with Crippen molar-refractivity contribution in [2.24, 2.45) is 0 Å². The minimum atomic E-state index is -4.74. The number of para-hydroxylation sites is 1. The van der Waals surface area contributed by atoms with Crippen molar-refractivity contribution in [3.8, 4) is 22.9 Å². The van der Waals surface area contributed by atoms with Crippen LogP contribution in [-0.2, 0) is 0 Å². The molecule has 0 amide bonds. The fourth-order valence-corrected chi connectivity index (χ4v) is 2.93. The van der Waals surface area contributed by atoms with E-state index < -0.39 is 6.36 Å². The maximum atomic E-state index is 12.6. The van der Waals surface area contributed by atoms with Gasteiger partial charge in [0.25, 0.3) is 0 Å². The molecule has 2 atom stereocenters. The Bertz CT molecular complexity index is 922. The van der Waals surface area contributed by atoms with Gasteiger partial charge in [0.05, 0.1) is 0 Å². The van der Waals surface area contributed by atoms with Crippen molar-refractivity contribution >= 4 is 0 Å². The van der Waals surface area contributed by atoms with E-state index in [1.807, 2.05) is 0 Å². The molecular weight excluding hydrogens is 349 g/mol. The monoisotopic (exact) mass is 362 g/mol. The highest BCUT2D eigenvalue weighted by atomic mass is 19.4. The Kier molecular flexibility index (Phi) is 3.82. The molecule has 2 aromatic carbocycles. The lowest BCUT2D eigenvalue weighted by Gasteiger charge is -2.12. The summed E-state index contributed by atoms with van der Waals surface area (Å²) < 4.78 is 47.1. The number of rotatable bonds is 4. The summed E-state index contributed by atoms with van der Waals surface area (Å²) >= 11 is 0. The van der Waals surface area contributed by atoms with Crippen molar-refractivity contribution in [1.82, 2.24) is 10.1 Å². The molecule has 0 radical (unpaired) electrons. The molecule has 0 spiro atoms. The van der Waals surface area contributed by atoms with E-state index in [2.05, 4.69) is 14.9 Å². The Balaban J connectivity index is 1.54. The van der Waals surface area contributed by atoms with Crippen LogP contribution in [0.5, 0.6) is 11.5 Å². The van der Waals surface area contributed by atoms with Crippen LogP contribution in [0.3, 0.4) is 0 Å². The van der Waals surface area contributed by atoms with Gasteiger partial charge in [-0.3, -0.25) is 0 Å². The van der Waals surface area contributed by atoms with Crippen molar-refractivity contribution in [3.05, 3.63) is 60.0 Å². The number of phenols is 1. The third-order valence-electron chi connectivity index (χ3n) is 4.22. The quantitative estimate of drug-likeness (QED) is 0.734. The number of hydrogen-bond donors (Lipinski definition) is 1. The molecule has 8 heteroatoms. The van der Waals surface area contributed by atoms with E-state index >= 15 is 0 Å². The summed E-state index contributed by atoms with van der Waals surface area (Å²) in [5, 5.41) is 13.2. The number of hydrogen-bond acceptors (Lipinski definition) is 5. The lowest BCUT2D eigenvalue weighted by atomic mass is 10.1. The first-order chi connectivity index (χ1) is 12.4. The summed E-state index contributed by atoms with van der Waals surface area (Å²) in [7, 11) is 0. The molecule has 0 saturated heterocycles. The van der Waals surface area contributed by atoms with Crippen LogP contribution in [0.15, 0.2) is 53.1 Å². The predicted molar refractivity (Wildman–Crippen MR) is 84.6 cm³/mol. The highest BCUT2D eigenvalue weighted by Crippen LogP contribution is 2.56. The molecule has 1 aromatic heterocycles. The van der Waals surface area contributed by atoms with Crippen LogP contribution in [0.2, 0.25) is 0 Å². The maximum Gasteiger partial charge on any atom is 0.573 e. The average molecular weight is 362 g/mol. The molecule has 1 fully saturated rings. The van der Waals surface area contributed by atoms with E-state index in [1.165, 1.54) is 24.3 Å². The molecular formula is C18H13F3N2O3. The Hall–Kier alpha value is -3.03. The van der Waals surface area contributed by atoms with Gasteiger partial charge in [0, 0.05) is 11.5 Å². The van der Waals surface area contributed by atoms with Crippen molar-refractivity contribution in [2.75, 3.05) is 0 Å². The van der Waals surface area contributed by atoms with Crippen LogP contribution in [0.4, 0.5) is 13.2 Å². The zero-order valence-electron chi connectivity index (χ0n) is 13.3. The van der Waals surface area contributed by atoms with Crippen molar-refractivity contribution in [2.45, 2.75) is 24.6 Å². The lowest BCUT2D eigenvalue weighted by molar-refractivity contribution is -0.274. The largest absolute Gasteiger partial charge is 0.573 e. The first kappa shape index (κ1) is 16.4. The van der Waals surface area contributed by atoms with Gasteiger partial charge in [-0.25, -0.2) is 0 Å². The van der Waals surface area contributed by atoms with Crippen LogP contribution >= 0.6 is 0 Å². The third-order valence-corrected chi connectivity index (χ3v) is 4.22. The van der Waals surface area contributed by atoms with Gasteiger partial charge in [-0.2, -0.15) is 4.98 Å². The van der Waals surface area contributed by atoms with Crippen LogP contribution in [0.1, 0.15) is 29.7 Å². The van der Waals surface area contributed by atoms with E-state index in [0.717, 1.165) is 0 Å². The number of aromatic nitrogens is 2. The van der Waals surface area contributed by atoms with Gasteiger partial charge < -0.3 is 14.4 Å². The molecule has 1 heterocycles. The van der Waals surface area contributed by atoms with E-state index in [1.54, 1.807) is 24.3 Å². The standard InChI is InChI=1S/C18H13F3N2O3/c19-18(20,21)25-15-4-2-1-3-12(15)13-9-14(13)17-22-16(23-26-17)10-5-7-11(24)8-6-10/h1-8,13-14,24H,9H2. The van der Waals surface area contributed by atoms with Crippen LogP contribution in [0, 0.1) is 0 Å². The second-order valence-corrected chi connectivity index (χ2v) is 6.04. The summed E-state index contributed by atoms with van der Waals surface area (Å²) in [6, 6.07) is 12.4. The Morgan fingerprint density at radius 1 is 1.04 bits per heavy atom. The Labute approximate surface area is 146 Å². The van der Waals surface area contributed by atoms with Crippen molar-refractivity contribution in [1.29, 1.82) is 0 Å². The minimum absolute atomic E-state index is 0.126. The van der Waals surface area contributed by atoms with Gasteiger partial charge >= 0.3 is 6.36 Å². The number of phenolic OH excluding ortho intramolecular Hbond substituents is 1. The normalized spacial score (nSPS) is 19.3. The SMILES string of the molecule is Oc1ccc(-c2noc(C3CC3c3ccccc3OC(F)(F)F)n2)cc1. The molecule has 1 saturated carbocycles. The van der Waals surface area contributed by atoms with Crippen molar-refractivity contribution in [3.63, 3.8) is 0 Å². The molecule has 0 bridgehead atoms. The van der Waals surface area contributed by atoms with E-state index in [4.69, 9.17) is 4.52 Å². The Morgan fingerprint density at radius 3 is 2.50 bits per heavy atom. The number of ether oxygens (including phenoxy) is 1. The molecule has 3 aromatic rings. The molecule has 5 nitrogen and oxygen atoms in total. The zero-order chi connectivity index (χ0) is 18.3.